The van der Waals surface area contributed by atoms with Crippen molar-refractivity contribution < 1.29 is 4.79 Å². The van der Waals surface area contributed by atoms with Gasteiger partial charge in [0.05, 0.1) is 0 Å². The highest BCUT2D eigenvalue weighted by Gasteiger charge is 2.10. The van der Waals surface area contributed by atoms with Gasteiger partial charge in [0.25, 0.3) is 0 Å². The summed E-state index contributed by atoms with van der Waals surface area (Å²) in [4.78, 5) is 14.7. The van der Waals surface area contributed by atoms with Crippen LogP contribution >= 0.6 is 0 Å². The normalized spacial score (nSPS) is 16.2. The minimum absolute atomic E-state index is 0.307. The summed E-state index contributed by atoms with van der Waals surface area (Å²) in [5, 5.41) is 0. The van der Waals surface area contributed by atoms with Crippen LogP contribution in [0, 0.1) is 6.92 Å². The van der Waals surface area contributed by atoms with Gasteiger partial charge in [-0.05, 0) is 57.8 Å². The summed E-state index contributed by atoms with van der Waals surface area (Å²) in [6, 6.07) is 7.91. The van der Waals surface area contributed by atoms with E-state index in [9.17, 15) is 4.79 Å². The monoisotopic (exact) mass is 273 g/mol. The van der Waals surface area contributed by atoms with Crippen LogP contribution in [0.5, 0.6) is 0 Å². The van der Waals surface area contributed by atoms with Gasteiger partial charge in [-0.1, -0.05) is 37.1 Å². The summed E-state index contributed by atoms with van der Waals surface area (Å²) in [7, 11) is 0. The van der Waals surface area contributed by atoms with Crippen LogP contribution in [0.1, 0.15) is 60.9 Å². The second kappa shape index (κ2) is 8.21. The quantitative estimate of drug-likeness (QED) is 0.547. The molecule has 0 aliphatic carbocycles. The van der Waals surface area contributed by atoms with Crippen molar-refractivity contribution in [2.24, 2.45) is 0 Å². The van der Waals surface area contributed by atoms with Crippen LogP contribution in [0.2, 0.25) is 0 Å². The predicted octanol–water partition coefficient (Wildman–Crippen LogP) is 4.22. The molecule has 1 aromatic carbocycles. The fourth-order valence-corrected chi connectivity index (χ4v) is 3.00. The molecule has 0 bridgehead atoms. The number of aryl methyl sites for hydroxylation is 1. The van der Waals surface area contributed by atoms with Crippen LogP contribution in [0.4, 0.5) is 0 Å². The Morgan fingerprint density at radius 2 is 1.80 bits per heavy atom. The van der Waals surface area contributed by atoms with Crippen LogP contribution in [-0.4, -0.2) is 30.3 Å². The number of ketones is 1. The van der Waals surface area contributed by atoms with Gasteiger partial charge in [0, 0.05) is 12.0 Å². The Labute approximate surface area is 123 Å². The number of benzene rings is 1. The summed E-state index contributed by atoms with van der Waals surface area (Å²) >= 11 is 0. The molecule has 0 N–H and O–H groups in total. The first kappa shape index (κ1) is 15.2. The van der Waals surface area contributed by atoms with Gasteiger partial charge in [0.1, 0.15) is 0 Å². The number of hydrogen-bond donors (Lipinski definition) is 0. The highest BCUT2D eigenvalue weighted by molar-refractivity contribution is 5.97. The molecule has 0 spiro atoms. The molecule has 2 heteroatoms. The van der Waals surface area contributed by atoms with Gasteiger partial charge >= 0.3 is 0 Å². The highest BCUT2D eigenvalue weighted by Crippen LogP contribution is 2.14. The van der Waals surface area contributed by atoms with Gasteiger partial charge < -0.3 is 4.90 Å². The molecule has 2 nitrogen and oxygen atoms in total. The van der Waals surface area contributed by atoms with E-state index < -0.39 is 0 Å². The van der Waals surface area contributed by atoms with Gasteiger partial charge in [-0.3, -0.25) is 4.79 Å². The summed E-state index contributed by atoms with van der Waals surface area (Å²) in [6.45, 7) is 5.80. The molecule has 1 aliphatic rings. The van der Waals surface area contributed by atoms with Crippen LogP contribution < -0.4 is 0 Å². The van der Waals surface area contributed by atoms with Crippen molar-refractivity contribution in [3.05, 3.63) is 35.4 Å². The van der Waals surface area contributed by atoms with Crippen molar-refractivity contribution >= 4 is 5.78 Å². The number of rotatable bonds is 7. The zero-order valence-electron chi connectivity index (χ0n) is 12.7. The lowest BCUT2D eigenvalue weighted by atomic mass is 10.0. The van der Waals surface area contributed by atoms with E-state index in [-0.39, 0.29) is 0 Å². The number of piperidine rings is 1. The number of Topliss-reactive ketones (excluding diaryl/α,β-unsaturated/α-hetero) is 1. The van der Waals surface area contributed by atoms with Gasteiger partial charge in [-0.15, -0.1) is 0 Å². The SMILES string of the molecule is Cc1ccccc1C(=O)CCCCCN1CCCCC1. The number of likely N-dealkylation sites (tertiary alicyclic amines) is 1. The van der Waals surface area contributed by atoms with E-state index in [4.69, 9.17) is 0 Å². The zero-order valence-corrected chi connectivity index (χ0v) is 12.7. The van der Waals surface area contributed by atoms with Gasteiger partial charge in [0.15, 0.2) is 5.78 Å². The molecule has 0 radical (unpaired) electrons. The van der Waals surface area contributed by atoms with Crippen LogP contribution in [0.15, 0.2) is 24.3 Å². The second-order valence-corrected chi connectivity index (χ2v) is 5.95. The predicted molar refractivity (Wildman–Crippen MR) is 84.3 cm³/mol. The van der Waals surface area contributed by atoms with E-state index in [0.29, 0.717) is 12.2 Å². The number of carbonyl (C=O) groups excluding carboxylic acids is 1. The van der Waals surface area contributed by atoms with Crippen molar-refractivity contribution in [2.75, 3.05) is 19.6 Å². The molecule has 0 saturated carbocycles. The molecule has 1 saturated heterocycles. The summed E-state index contributed by atoms with van der Waals surface area (Å²) in [6.07, 6.45) is 8.28. The van der Waals surface area contributed by atoms with E-state index in [1.165, 1.54) is 51.7 Å². The molecule has 20 heavy (non-hydrogen) atoms. The standard InChI is InChI=1S/C18H27NO/c1-16-10-5-6-11-17(16)18(20)12-4-2-7-13-19-14-8-3-9-15-19/h5-6,10-11H,2-4,7-9,12-15H2,1H3. The molecule has 0 aromatic heterocycles. The molecule has 1 fully saturated rings. The largest absolute Gasteiger partial charge is 0.303 e. The Hall–Kier alpha value is -1.15. The Kier molecular flexibility index (Phi) is 6.25. The summed E-state index contributed by atoms with van der Waals surface area (Å²) in [5.74, 6) is 0.307. The van der Waals surface area contributed by atoms with Gasteiger partial charge in [-0.2, -0.15) is 0 Å². The lowest BCUT2D eigenvalue weighted by Crippen LogP contribution is -2.30. The van der Waals surface area contributed by atoms with Crippen molar-refractivity contribution in [1.29, 1.82) is 0 Å². The van der Waals surface area contributed by atoms with E-state index in [1.54, 1.807) is 0 Å². The average Bonchev–Trinajstić information content (AvgIpc) is 2.48. The second-order valence-electron chi connectivity index (χ2n) is 5.95. The topological polar surface area (TPSA) is 20.3 Å². The van der Waals surface area contributed by atoms with Gasteiger partial charge in [-0.25, -0.2) is 0 Å². The molecule has 0 atom stereocenters. The molecule has 0 amide bonds. The number of nitrogens with zero attached hydrogens (tertiary/aromatic N) is 1. The van der Waals surface area contributed by atoms with Crippen LogP contribution in [-0.2, 0) is 0 Å². The first-order valence-electron chi connectivity index (χ1n) is 8.08. The third-order valence-electron chi connectivity index (χ3n) is 4.27. The Bertz CT molecular complexity index is 421. The minimum atomic E-state index is 0.307. The van der Waals surface area contributed by atoms with Crippen molar-refractivity contribution in [3.63, 3.8) is 0 Å². The molecule has 2 rings (SSSR count). The maximum Gasteiger partial charge on any atom is 0.163 e. The molecule has 1 aromatic rings. The zero-order chi connectivity index (χ0) is 14.2. The molecule has 110 valence electrons. The number of unbranched alkanes of at least 4 members (excludes halogenated alkanes) is 2. The van der Waals surface area contributed by atoms with Crippen LogP contribution in [0.3, 0.4) is 0 Å². The van der Waals surface area contributed by atoms with Gasteiger partial charge in [0.2, 0.25) is 0 Å². The molecular formula is C18H27NO. The Morgan fingerprint density at radius 3 is 2.55 bits per heavy atom. The highest BCUT2D eigenvalue weighted by atomic mass is 16.1. The fourth-order valence-electron chi connectivity index (χ4n) is 3.00. The number of hydrogen-bond acceptors (Lipinski definition) is 2. The molecular weight excluding hydrogens is 246 g/mol. The first-order chi connectivity index (χ1) is 9.77. The lowest BCUT2D eigenvalue weighted by Gasteiger charge is -2.26. The average molecular weight is 273 g/mol. The van der Waals surface area contributed by atoms with Crippen LogP contribution in [0.25, 0.3) is 0 Å². The molecule has 1 heterocycles. The van der Waals surface area contributed by atoms with Crippen molar-refractivity contribution in [3.8, 4) is 0 Å². The van der Waals surface area contributed by atoms with E-state index in [2.05, 4.69) is 4.90 Å². The molecule has 0 unspecified atom stereocenters. The third kappa shape index (κ3) is 4.75. The fraction of sp³-hybridized carbons (Fsp3) is 0.611. The van der Waals surface area contributed by atoms with E-state index in [0.717, 1.165) is 17.5 Å². The Balaban J connectivity index is 1.61. The minimum Gasteiger partial charge on any atom is -0.303 e. The maximum absolute atomic E-state index is 12.1. The third-order valence-corrected chi connectivity index (χ3v) is 4.27. The molecule has 1 aliphatic heterocycles. The number of carbonyl (C=O) groups is 1. The van der Waals surface area contributed by atoms with Crippen molar-refractivity contribution in [1.82, 2.24) is 4.90 Å². The van der Waals surface area contributed by atoms with E-state index in [1.807, 2.05) is 31.2 Å². The van der Waals surface area contributed by atoms with E-state index >= 15 is 0 Å². The smallest absolute Gasteiger partial charge is 0.163 e. The lowest BCUT2D eigenvalue weighted by molar-refractivity contribution is 0.0978. The Morgan fingerprint density at radius 1 is 1.05 bits per heavy atom. The summed E-state index contributed by atoms with van der Waals surface area (Å²) in [5.41, 5.74) is 2.01. The first-order valence-corrected chi connectivity index (χ1v) is 8.08. The summed E-state index contributed by atoms with van der Waals surface area (Å²) < 4.78 is 0. The van der Waals surface area contributed by atoms with Crippen molar-refractivity contribution in [2.45, 2.75) is 51.9 Å². The maximum atomic E-state index is 12.1.